The lowest BCUT2D eigenvalue weighted by atomic mass is 10.3. The number of amides is 1. The van der Waals surface area contributed by atoms with Crippen LogP contribution in [0.25, 0.3) is 0 Å². The Morgan fingerprint density at radius 3 is 2.60 bits per heavy atom. The van der Waals surface area contributed by atoms with Crippen LogP contribution in [0.5, 0.6) is 0 Å². The van der Waals surface area contributed by atoms with Gasteiger partial charge in [-0.25, -0.2) is 8.42 Å². The van der Waals surface area contributed by atoms with E-state index >= 15 is 0 Å². The fourth-order valence-corrected chi connectivity index (χ4v) is 5.43. The standard InChI is InChI=1S/C15H19ClN4O3S2/c1-12-13(16)11-17-20(12)5-4-14(21)18-6-8-19(9-7-18)25(22,23)15-3-2-10-24-15/h2-3,10-11H,4-9H2,1H3. The lowest BCUT2D eigenvalue weighted by Crippen LogP contribution is -2.50. The Balaban J connectivity index is 1.53. The number of piperazine rings is 1. The van der Waals surface area contributed by atoms with Gasteiger partial charge >= 0.3 is 0 Å². The van der Waals surface area contributed by atoms with E-state index in [1.165, 1.54) is 15.6 Å². The minimum absolute atomic E-state index is 0.000746. The second-order valence-corrected chi connectivity index (χ2v) is 9.29. The summed E-state index contributed by atoms with van der Waals surface area (Å²) in [4.78, 5) is 14.1. The van der Waals surface area contributed by atoms with E-state index in [0.717, 1.165) is 5.69 Å². The molecule has 0 N–H and O–H groups in total. The van der Waals surface area contributed by atoms with Gasteiger partial charge in [0.25, 0.3) is 10.0 Å². The first kappa shape index (κ1) is 18.4. The normalized spacial score (nSPS) is 16.3. The third-order valence-corrected chi connectivity index (χ3v) is 7.90. The highest BCUT2D eigenvalue weighted by Crippen LogP contribution is 2.22. The van der Waals surface area contributed by atoms with Gasteiger partial charge in [0.15, 0.2) is 0 Å². The molecular weight excluding hydrogens is 384 g/mol. The van der Waals surface area contributed by atoms with Crippen molar-refractivity contribution >= 4 is 38.9 Å². The molecule has 2 aromatic rings. The maximum atomic E-state index is 12.5. The molecule has 0 radical (unpaired) electrons. The van der Waals surface area contributed by atoms with Crippen LogP contribution in [0, 0.1) is 6.92 Å². The lowest BCUT2D eigenvalue weighted by Gasteiger charge is -2.33. The van der Waals surface area contributed by atoms with Crippen molar-refractivity contribution in [2.45, 2.75) is 24.1 Å². The number of carbonyl (C=O) groups is 1. The number of aryl methyl sites for hydroxylation is 1. The van der Waals surface area contributed by atoms with Crippen LogP contribution in [0.2, 0.25) is 5.02 Å². The summed E-state index contributed by atoms with van der Waals surface area (Å²) < 4.78 is 28.5. The molecule has 0 saturated carbocycles. The molecule has 0 atom stereocenters. The highest BCUT2D eigenvalue weighted by molar-refractivity contribution is 7.91. The Morgan fingerprint density at radius 2 is 2.04 bits per heavy atom. The highest BCUT2D eigenvalue weighted by atomic mass is 35.5. The van der Waals surface area contributed by atoms with Crippen molar-refractivity contribution in [3.63, 3.8) is 0 Å². The molecule has 3 heterocycles. The van der Waals surface area contributed by atoms with E-state index in [-0.39, 0.29) is 5.91 Å². The van der Waals surface area contributed by atoms with Gasteiger partial charge in [-0.2, -0.15) is 9.40 Å². The average Bonchev–Trinajstić information content (AvgIpc) is 3.25. The summed E-state index contributed by atoms with van der Waals surface area (Å²) in [6.07, 6.45) is 1.88. The van der Waals surface area contributed by atoms with Crippen molar-refractivity contribution in [1.29, 1.82) is 0 Å². The summed E-state index contributed by atoms with van der Waals surface area (Å²) in [7, 11) is -3.44. The molecule has 0 bridgehead atoms. The van der Waals surface area contributed by atoms with E-state index in [4.69, 9.17) is 11.6 Å². The Hall–Kier alpha value is -1.42. The fourth-order valence-electron chi connectivity index (χ4n) is 2.72. The molecular formula is C15H19ClN4O3S2. The minimum atomic E-state index is -3.44. The van der Waals surface area contributed by atoms with Crippen LogP contribution in [0.4, 0.5) is 0 Å². The van der Waals surface area contributed by atoms with Crippen molar-refractivity contribution in [3.8, 4) is 0 Å². The predicted octanol–water partition coefficient (Wildman–Crippen LogP) is 1.83. The molecule has 25 heavy (non-hydrogen) atoms. The van der Waals surface area contributed by atoms with Gasteiger partial charge < -0.3 is 4.90 Å². The van der Waals surface area contributed by atoms with Crippen LogP contribution in [0.15, 0.2) is 27.9 Å². The number of nitrogens with zero attached hydrogens (tertiary/aromatic N) is 4. The predicted molar refractivity (Wildman–Crippen MR) is 96.2 cm³/mol. The number of thiophene rings is 1. The van der Waals surface area contributed by atoms with Crippen LogP contribution >= 0.6 is 22.9 Å². The number of hydrogen-bond acceptors (Lipinski definition) is 5. The maximum absolute atomic E-state index is 12.5. The molecule has 7 nitrogen and oxygen atoms in total. The number of halogens is 1. The van der Waals surface area contributed by atoms with E-state index in [9.17, 15) is 13.2 Å². The summed E-state index contributed by atoms with van der Waals surface area (Å²) in [6, 6.07) is 3.33. The van der Waals surface area contributed by atoms with Gasteiger partial charge in [-0.1, -0.05) is 17.7 Å². The molecule has 136 valence electrons. The quantitative estimate of drug-likeness (QED) is 0.764. The zero-order valence-electron chi connectivity index (χ0n) is 13.8. The Bertz CT molecular complexity index is 840. The molecule has 1 aliphatic heterocycles. The number of sulfonamides is 1. The summed E-state index contributed by atoms with van der Waals surface area (Å²) in [6.45, 7) is 3.76. The SMILES string of the molecule is Cc1c(Cl)cnn1CCC(=O)N1CCN(S(=O)(=O)c2cccs2)CC1. The van der Waals surface area contributed by atoms with Gasteiger partial charge in [-0.05, 0) is 18.4 Å². The van der Waals surface area contributed by atoms with Crippen LogP contribution in [0.3, 0.4) is 0 Å². The summed E-state index contributed by atoms with van der Waals surface area (Å²) in [5, 5.41) is 6.46. The lowest BCUT2D eigenvalue weighted by molar-refractivity contribution is -0.132. The zero-order chi connectivity index (χ0) is 18.0. The van der Waals surface area contributed by atoms with Crippen molar-refractivity contribution in [2.24, 2.45) is 0 Å². The average molecular weight is 403 g/mol. The topological polar surface area (TPSA) is 75.5 Å². The monoisotopic (exact) mass is 402 g/mol. The minimum Gasteiger partial charge on any atom is -0.340 e. The summed E-state index contributed by atoms with van der Waals surface area (Å²) in [5.41, 5.74) is 0.835. The first-order valence-corrected chi connectivity index (χ1v) is 10.6. The van der Waals surface area contributed by atoms with Crippen LogP contribution in [-0.4, -0.2) is 59.5 Å². The van der Waals surface area contributed by atoms with Gasteiger partial charge in [0.1, 0.15) is 4.21 Å². The molecule has 1 amide bonds. The van der Waals surface area contributed by atoms with Gasteiger partial charge in [-0.15, -0.1) is 11.3 Å². The highest BCUT2D eigenvalue weighted by Gasteiger charge is 2.30. The molecule has 0 spiro atoms. The molecule has 0 aliphatic carbocycles. The van der Waals surface area contributed by atoms with Crippen molar-refractivity contribution in [1.82, 2.24) is 19.0 Å². The molecule has 1 fully saturated rings. The Labute approximate surface area is 155 Å². The number of hydrogen-bond donors (Lipinski definition) is 0. The van der Waals surface area contributed by atoms with Gasteiger partial charge in [-0.3, -0.25) is 9.48 Å². The number of aromatic nitrogens is 2. The van der Waals surface area contributed by atoms with Crippen LogP contribution in [0.1, 0.15) is 12.1 Å². The molecule has 1 aliphatic rings. The second kappa shape index (κ2) is 7.45. The summed E-state index contributed by atoms with van der Waals surface area (Å²) in [5.74, 6) is -0.000746. The van der Waals surface area contributed by atoms with Crippen molar-refractivity contribution in [2.75, 3.05) is 26.2 Å². The molecule has 10 heteroatoms. The molecule has 2 aromatic heterocycles. The van der Waals surface area contributed by atoms with Gasteiger partial charge in [0.2, 0.25) is 5.91 Å². The molecule has 1 saturated heterocycles. The van der Waals surface area contributed by atoms with E-state index in [2.05, 4.69) is 5.10 Å². The third-order valence-electron chi connectivity index (χ3n) is 4.26. The van der Waals surface area contributed by atoms with Crippen molar-refractivity contribution in [3.05, 3.63) is 34.4 Å². The van der Waals surface area contributed by atoms with E-state index in [0.29, 0.717) is 48.4 Å². The largest absolute Gasteiger partial charge is 0.340 e. The first-order chi connectivity index (χ1) is 11.9. The molecule has 0 aromatic carbocycles. The van der Waals surface area contributed by atoms with Crippen molar-refractivity contribution < 1.29 is 13.2 Å². The third kappa shape index (κ3) is 3.89. The fraction of sp³-hybridized carbons (Fsp3) is 0.467. The number of carbonyl (C=O) groups excluding carboxylic acids is 1. The Kier molecular flexibility index (Phi) is 5.47. The van der Waals surface area contributed by atoms with E-state index in [1.807, 2.05) is 6.92 Å². The molecule has 3 rings (SSSR count). The van der Waals surface area contributed by atoms with E-state index in [1.54, 1.807) is 33.3 Å². The Morgan fingerprint density at radius 1 is 1.32 bits per heavy atom. The van der Waals surface area contributed by atoms with Gasteiger partial charge in [0.05, 0.1) is 23.5 Å². The zero-order valence-corrected chi connectivity index (χ0v) is 16.1. The van der Waals surface area contributed by atoms with Crippen LogP contribution in [-0.2, 0) is 21.4 Å². The second-order valence-electron chi connectivity index (χ2n) is 5.77. The maximum Gasteiger partial charge on any atom is 0.252 e. The van der Waals surface area contributed by atoms with Gasteiger partial charge in [0, 0.05) is 32.6 Å². The summed E-state index contributed by atoms with van der Waals surface area (Å²) >= 11 is 7.16. The smallest absolute Gasteiger partial charge is 0.252 e. The molecule has 0 unspecified atom stereocenters. The number of rotatable bonds is 5. The first-order valence-electron chi connectivity index (χ1n) is 7.89. The van der Waals surface area contributed by atoms with Crippen LogP contribution < -0.4 is 0 Å². The van der Waals surface area contributed by atoms with E-state index < -0.39 is 10.0 Å².